The van der Waals surface area contributed by atoms with Crippen LogP contribution in [-0.4, -0.2) is 18.3 Å². The lowest BCUT2D eigenvalue weighted by Gasteiger charge is -2.13. The summed E-state index contributed by atoms with van der Waals surface area (Å²) in [6, 6.07) is 4.17. The molecule has 1 fully saturated rings. The van der Waals surface area contributed by atoms with Crippen LogP contribution in [0.3, 0.4) is 0 Å². The molecule has 0 bridgehead atoms. The molecule has 1 N–H and O–H groups in total. The van der Waals surface area contributed by atoms with E-state index in [0.717, 1.165) is 25.0 Å². The van der Waals surface area contributed by atoms with Crippen molar-refractivity contribution in [2.24, 2.45) is 5.41 Å². The van der Waals surface area contributed by atoms with Gasteiger partial charge >= 0.3 is 6.18 Å². The molecule has 0 aliphatic heterocycles. The Bertz CT molecular complexity index is 466. The highest BCUT2D eigenvalue weighted by molar-refractivity contribution is 6.18. The maximum atomic E-state index is 12.4. The van der Waals surface area contributed by atoms with Crippen molar-refractivity contribution in [2.75, 3.05) is 12.4 Å². The fraction of sp³-hybridized carbons (Fsp3) is 0.462. The summed E-state index contributed by atoms with van der Waals surface area (Å²) in [5.74, 6) is 0.116. The van der Waals surface area contributed by atoms with Crippen LogP contribution in [0.25, 0.3) is 0 Å². The Labute approximate surface area is 113 Å². The molecule has 0 unspecified atom stereocenters. The molecule has 1 aliphatic carbocycles. The maximum absolute atomic E-state index is 12.4. The van der Waals surface area contributed by atoms with Gasteiger partial charge in [-0.3, -0.25) is 4.79 Å². The van der Waals surface area contributed by atoms with Crippen molar-refractivity contribution in [1.29, 1.82) is 0 Å². The predicted molar refractivity (Wildman–Crippen MR) is 66.2 cm³/mol. The molecule has 1 amide bonds. The van der Waals surface area contributed by atoms with Crippen molar-refractivity contribution in [3.05, 3.63) is 35.4 Å². The number of hydrogen-bond acceptors (Lipinski definition) is 1. The lowest BCUT2D eigenvalue weighted by molar-refractivity contribution is -0.137. The second kappa shape index (κ2) is 5.04. The summed E-state index contributed by atoms with van der Waals surface area (Å²) in [4.78, 5) is 11.8. The van der Waals surface area contributed by atoms with Gasteiger partial charge in [0, 0.05) is 23.4 Å². The second-order valence-corrected chi connectivity index (χ2v) is 5.16. The first-order chi connectivity index (χ1) is 8.86. The lowest BCUT2D eigenvalue weighted by Crippen LogP contribution is -2.31. The number of alkyl halides is 4. The fourth-order valence-electron chi connectivity index (χ4n) is 1.71. The Morgan fingerprint density at radius 2 is 1.84 bits per heavy atom. The van der Waals surface area contributed by atoms with Crippen LogP contribution in [0.15, 0.2) is 24.3 Å². The van der Waals surface area contributed by atoms with Gasteiger partial charge in [-0.05, 0) is 37.1 Å². The van der Waals surface area contributed by atoms with E-state index in [-0.39, 0.29) is 16.9 Å². The van der Waals surface area contributed by atoms with Gasteiger partial charge in [0.15, 0.2) is 0 Å². The Morgan fingerprint density at radius 3 is 2.26 bits per heavy atom. The highest BCUT2D eigenvalue weighted by Gasteiger charge is 2.41. The summed E-state index contributed by atoms with van der Waals surface area (Å²) in [5, 5.41) is 2.71. The summed E-state index contributed by atoms with van der Waals surface area (Å²) in [5.41, 5.74) is -0.551. The molecular formula is C13H13ClF3NO. The van der Waals surface area contributed by atoms with E-state index in [2.05, 4.69) is 5.32 Å². The predicted octanol–water partition coefficient (Wildman–Crippen LogP) is 3.45. The quantitative estimate of drug-likeness (QED) is 0.846. The second-order valence-electron chi connectivity index (χ2n) is 4.89. The van der Waals surface area contributed by atoms with E-state index in [1.807, 2.05) is 0 Å². The minimum atomic E-state index is -4.38. The summed E-state index contributed by atoms with van der Waals surface area (Å²) >= 11 is 5.78. The number of benzene rings is 1. The van der Waals surface area contributed by atoms with E-state index in [4.69, 9.17) is 11.6 Å². The molecule has 1 saturated carbocycles. The zero-order valence-corrected chi connectivity index (χ0v) is 10.8. The van der Waals surface area contributed by atoms with Gasteiger partial charge in [0.05, 0.1) is 5.56 Å². The molecule has 104 valence electrons. The first kappa shape index (κ1) is 14.2. The van der Waals surface area contributed by atoms with Crippen LogP contribution in [-0.2, 0) is 6.18 Å². The minimum Gasteiger partial charge on any atom is -0.351 e. The van der Waals surface area contributed by atoms with Crippen molar-refractivity contribution in [3.63, 3.8) is 0 Å². The molecule has 2 rings (SSSR count). The monoisotopic (exact) mass is 291 g/mol. The SMILES string of the molecule is O=C(NCC1(CCl)CC1)c1ccc(C(F)(F)F)cc1. The van der Waals surface area contributed by atoms with Gasteiger partial charge in [-0.25, -0.2) is 0 Å². The van der Waals surface area contributed by atoms with Crippen LogP contribution < -0.4 is 5.32 Å². The highest BCUT2D eigenvalue weighted by Crippen LogP contribution is 2.45. The Balaban J connectivity index is 1.96. The number of carbonyl (C=O) groups excluding carboxylic acids is 1. The molecule has 2 nitrogen and oxygen atoms in total. The van der Waals surface area contributed by atoms with Crippen LogP contribution in [0, 0.1) is 5.41 Å². The molecule has 0 aromatic heterocycles. The van der Waals surface area contributed by atoms with Crippen molar-refractivity contribution in [3.8, 4) is 0 Å². The van der Waals surface area contributed by atoms with Gasteiger partial charge in [0.1, 0.15) is 0 Å². The Kier molecular flexibility index (Phi) is 3.76. The number of hydrogen-bond donors (Lipinski definition) is 1. The zero-order valence-electron chi connectivity index (χ0n) is 10.1. The average Bonchev–Trinajstić information content (AvgIpc) is 3.16. The van der Waals surface area contributed by atoms with Gasteiger partial charge in [0.2, 0.25) is 0 Å². The lowest BCUT2D eigenvalue weighted by atomic mass is 10.1. The highest BCUT2D eigenvalue weighted by atomic mass is 35.5. The van der Waals surface area contributed by atoms with Gasteiger partial charge in [-0.1, -0.05) is 0 Å². The van der Waals surface area contributed by atoms with E-state index in [9.17, 15) is 18.0 Å². The molecule has 1 aromatic rings. The molecule has 6 heteroatoms. The minimum absolute atomic E-state index is 0.0108. The normalized spacial score (nSPS) is 17.1. The number of carbonyl (C=O) groups is 1. The third kappa shape index (κ3) is 3.41. The van der Waals surface area contributed by atoms with E-state index in [1.54, 1.807) is 0 Å². The topological polar surface area (TPSA) is 29.1 Å². The molecule has 0 saturated heterocycles. The largest absolute Gasteiger partial charge is 0.416 e. The summed E-state index contributed by atoms with van der Waals surface area (Å²) in [6.07, 6.45) is -2.43. The number of halogens is 4. The molecule has 0 heterocycles. The molecule has 19 heavy (non-hydrogen) atoms. The third-order valence-electron chi connectivity index (χ3n) is 3.34. The van der Waals surface area contributed by atoms with Crippen LogP contribution in [0.5, 0.6) is 0 Å². The van der Waals surface area contributed by atoms with Crippen molar-refractivity contribution in [1.82, 2.24) is 5.32 Å². The average molecular weight is 292 g/mol. The van der Waals surface area contributed by atoms with Gasteiger partial charge < -0.3 is 5.32 Å². The summed E-state index contributed by atoms with van der Waals surface area (Å²) in [7, 11) is 0. The first-order valence-corrected chi connectivity index (χ1v) is 6.41. The van der Waals surface area contributed by atoms with E-state index >= 15 is 0 Å². The molecule has 1 aromatic carbocycles. The van der Waals surface area contributed by atoms with Crippen LogP contribution >= 0.6 is 11.6 Å². The Morgan fingerprint density at radius 1 is 1.26 bits per heavy atom. The number of amides is 1. The fourth-order valence-corrected chi connectivity index (χ4v) is 2.08. The van der Waals surface area contributed by atoms with Crippen molar-refractivity contribution >= 4 is 17.5 Å². The summed E-state index contributed by atoms with van der Waals surface area (Å²) < 4.78 is 37.1. The van der Waals surface area contributed by atoms with Crippen molar-refractivity contribution in [2.45, 2.75) is 19.0 Å². The van der Waals surface area contributed by atoms with E-state index < -0.39 is 11.7 Å². The van der Waals surface area contributed by atoms with Crippen LogP contribution in [0.2, 0.25) is 0 Å². The van der Waals surface area contributed by atoms with Gasteiger partial charge in [-0.15, -0.1) is 11.6 Å². The van der Waals surface area contributed by atoms with E-state index in [0.29, 0.717) is 12.4 Å². The standard InChI is InChI=1S/C13H13ClF3NO/c14-7-12(5-6-12)8-18-11(19)9-1-3-10(4-2-9)13(15,16)17/h1-4H,5-8H2,(H,18,19). The zero-order chi connectivity index (χ0) is 14.1. The molecular weight excluding hydrogens is 279 g/mol. The maximum Gasteiger partial charge on any atom is 0.416 e. The van der Waals surface area contributed by atoms with Crippen LogP contribution in [0.1, 0.15) is 28.8 Å². The molecule has 1 aliphatic rings. The third-order valence-corrected chi connectivity index (χ3v) is 3.91. The molecule has 0 spiro atoms. The van der Waals surface area contributed by atoms with Crippen LogP contribution in [0.4, 0.5) is 13.2 Å². The smallest absolute Gasteiger partial charge is 0.351 e. The van der Waals surface area contributed by atoms with Crippen molar-refractivity contribution < 1.29 is 18.0 Å². The number of rotatable bonds is 4. The molecule has 0 radical (unpaired) electrons. The van der Waals surface area contributed by atoms with E-state index in [1.165, 1.54) is 12.1 Å². The van der Waals surface area contributed by atoms with Gasteiger partial charge in [0.25, 0.3) is 5.91 Å². The van der Waals surface area contributed by atoms with Gasteiger partial charge in [-0.2, -0.15) is 13.2 Å². The first-order valence-electron chi connectivity index (χ1n) is 5.88. The summed E-state index contributed by atoms with van der Waals surface area (Å²) in [6.45, 7) is 0.469. The number of nitrogens with one attached hydrogen (secondary N) is 1. The Hall–Kier alpha value is -1.23. The molecule has 0 atom stereocenters.